The van der Waals surface area contributed by atoms with Crippen molar-refractivity contribution in [1.82, 2.24) is 0 Å². The molecule has 2 aromatic carbocycles. The molecule has 2 rings (SSSR count). The molecule has 26 heavy (non-hydrogen) atoms. The van der Waals surface area contributed by atoms with Crippen molar-refractivity contribution in [2.75, 3.05) is 41.3 Å². The van der Waals surface area contributed by atoms with Gasteiger partial charge in [-0.2, -0.15) is 0 Å². The second-order valence-electron chi connectivity index (χ2n) is 8.21. The van der Waals surface area contributed by atoms with Gasteiger partial charge in [-0.05, 0) is 21.7 Å². The molecule has 0 aliphatic carbocycles. The fraction of sp³-hybridized carbons (Fsp3) is 0.400. The summed E-state index contributed by atoms with van der Waals surface area (Å²) in [5.74, 6) is 0. The largest absolute Gasteiger partial charge is 0.480 e. The van der Waals surface area contributed by atoms with Gasteiger partial charge in [0.05, 0.1) is 13.1 Å². The van der Waals surface area contributed by atoms with Crippen LogP contribution in [0, 0.1) is 0 Å². The number of hydrogen-bond donors (Lipinski definition) is 0. The van der Waals surface area contributed by atoms with Crippen molar-refractivity contribution in [3.8, 4) is 0 Å². The van der Waals surface area contributed by atoms with Crippen LogP contribution >= 0.6 is 7.80 Å². The van der Waals surface area contributed by atoms with Crippen LogP contribution < -0.4 is 10.6 Å². The smallest absolute Gasteiger partial charge is 0.401 e. The van der Waals surface area contributed by atoms with Gasteiger partial charge >= 0.3 is 16.0 Å². The highest BCUT2D eigenvalue weighted by molar-refractivity contribution is 7.94. The molecule has 0 saturated carbocycles. The highest BCUT2D eigenvalue weighted by Crippen LogP contribution is 2.27. The average molecular weight is 360 g/mol. The highest BCUT2D eigenvalue weighted by atomic mass is 31.1. The third kappa shape index (κ3) is 7.31. The zero-order valence-corrected chi connectivity index (χ0v) is 17.4. The maximum Gasteiger partial charge on any atom is 0.480 e. The summed E-state index contributed by atoms with van der Waals surface area (Å²) < 4.78 is 0.968. The molecule has 0 bridgehead atoms. The lowest BCUT2D eigenvalue weighted by atomic mass is 10.1. The highest BCUT2D eigenvalue weighted by Gasteiger charge is 2.11. The number of likely N-dealkylation sites (N-methyl/N-ethyl adjacent to an activating group) is 2. The fourth-order valence-electron chi connectivity index (χ4n) is 2.63. The Kier molecular flexibility index (Phi) is 7.19. The van der Waals surface area contributed by atoms with Gasteiger partial charge in [0.25, 0.3) is 0 Å². The van der Waals surface area contributed by atoms with E-state index in [2.05, 4.69) is 48.5 Å². The molecular formula is C20H28B3N2P+2. The quantitative estimate of drug-likeness (QED) is 0.496. The van der Waals surface area contributed by atoms with E-state index in [0.717, 1.165) is 25.9 Å². The SMILES string of the molecule is [B]P(c1ccc(CC[N+]([B])(C)C)cc1)c1ccc(CC[N+]([B])(C)C)cc1. The fourth-order valence-corrected chi connectivity index (χ4v) is 3.87. The summed E-state index contributed by atoms with van der Waals surface area (Å²) >= 11 is 0. The summed E-state index contributed by atoms with van der Waals surface area (Å²) in [6.07, 6.45) is 1.94. The number of benzene rings is 2. The summed E-state index contributed by atoms with van der Waals surface area (Å²) in [6, 6.07) is 17.3. The number of hydrogen-bond acceptors (Lipinski definition) is 0. The maximum atomic E-state index is 6.52. The van der Waals surface area contributed by atoms with Crippen molar-refractivity contribution in [2.24, 2.45) is 0 Å². The third-order valence-electron chi connectivity index (χ3n) is 4.38. The van der Waals surface area contributed by atoms with Crippen molar-refractivity contribution >= 4 is 41.9 Å². The van der Waals surface area contributed by atoms with Gasteiger partial charge in [0.1, 0.15) is 7.57 Å². The van der Waals surface area contributed by atoms with Gasteiger partial charge in [0.15, 0.2) is 0 Å². The van der Waals surface area contributed by atoms with Crippen LogP contribution in [0.2, 0.25) is 0 Å². The second-order valence-corrected chi connectivity index (χ2v) is 9.98. The van der Waals surface area contributed by atoms with Crippen molar-refractivity contribution in [2.45, 2.75) is 12.8 Å². The molecule has 0 atom stereocenters. The van der Waals surface area contributed by atoms with Crippen LogP contribution in [0.4, 0.5) is 0 Å². The standard InChI is InChI=1S/C20H28B3N2P/c1-24(2,21)15-13-17-5-9-19(10-6-17)26(23)20-11-7-18(8-12-20)14-16-25(3,4)22/h5-12H,13-16H2,1-4H3/q+2. The number of quaternary nitrogens is 2. The first-order valence-electron chi connectivity index (χ1n) is 8.99. The minimum atomic E-state index is -0.816. The maximum absolute atomic E-state index is 6.52. The Balaban J connectivity index is 1.98. The first-order chi connectivity index (χ1) is 12.0. The predicted molar refractivity (Wildman–Crippen MR) is 118 cm³/mol. The van der Waals surface area contributed by atoms with Crippen LogP contribution in [0.3, 0.4) is 0 Å². The first-order valence-corrected chi connectivity index (χ1v) is 10.4. The molecule has 0 unspecified atom stereocenters. The normalized spacial score (nSPS) is 12.5. The molecule has 0 saturated heterocycles. The van der Waals surface area contributed by atoms with Gasteiger partial charge in [-0.15, -0.1) is 0 Å². The lowest BCUT2D eigenvalue weighted by Gasteiger charge is -2.25. The summed E-state index contributed by atoms with van der Waals surface area (Å²) in [5.41, 5.74) is 2.60. The molecule has 0 fully saturated rings. The second kappa shape index (κ2) is 8.78. The Bertz CT molecular complexity index is 627. The molecule has 0 amide bonds. The van der Waals surface area contributed by atoms with Crippen molar-refractivity contribution in [1.29, 1.82) is 0 Å². The van der Waals surface area contributed by atoms with Crippen LogP contribution in [0.5, 0.6) is 0 Å². The minimum Gasteiger partial charge on any atom is -0.401 e. The molecule has 130 valence electrons. The third-order valence-corrected chi connectivity index (χ3v) is 6.09. The van der Waals surface area contributed by atoms with Gasteiger partial charge in [0, 0.05) is 41.0 Å². The summed E-state index contributed by atoms with van der Waals surface area (Å²) in [5, 5.41) is 2.38. The van der Waals surface area contributed by atoms with Crippen molar-refractivity contribution in [3.05, 3.63) is 59.7 Å². The minimum absolute atomic E-state index is 0.484. The van der Waals surface area contributed by atoms with E-state index in [4.69, 9.17) is 23.5 Å². The molecular weight excluding hydrogens is 332 g/mol. The Hall–Kier alpha value is -1.02. The number of nitrogens with zero attached hydrogens (tertiary/aromatic N) is 2. The van der Waals surface area contributed by atoms with E-state index in [9.17, 15) is 0 Å². The predicted octanol–water partition coefficient (Wildman–Crippen LogP) is 1.61. The van der Waals surface area contributed by atoms with Gasteiger partial charge in [-0.3, -0.25) is 0 Å². The van der Waals surface area contributed by atoms with Gasteiger partial charge in [-0.1, -0.05) is 56.3 Å². The van der Waals surface area contributed by atoms with Crippen molar-refractivity contribution in [3.63, 3.8) is 0 Å². The van der Waals surface area contributed by atoms with Crippen LogP contribution in [0.15, 0.2) is 48.5 Å². The topological polar surface area (TPSA) is 0 Å². The molecule has 2 aromatic rings. The monoisotopic (exact) mass is 360 g/mol. The van der Waals surface area contributed by atoms with Gasteiger partial charge in [-0.25, -0.2) is 0 Å². The van der Waals surface area contributed by atoms with Gasteiger partial charge in [0.2, 0.25) is 0 Å². The van der Waals surface area contributed by atoms with E-state index >= 15 is 0 Å². The van der Waals surface area contributed by atoms with E-state index in [1.54, 1.807) is 0 Å². The van der Waals surface area contributed by atoms with Crippen LogP contribution in [-0.4, -0.2) is 73.6 Å². The van der Waals surface area contributed by atoms with E-state index in [1.165, 1.54) is 21.7 Å². The molecule has 0 spiro atoms. The Morgan fingerprint density at radius 1 is 0.654 bits per heavy atom. The molecule has 0 aliphatic rings. The molecule has 6 heteroatoms. The molecule has 0 heterocycles. The Labute approximate surface area is 164 Å². The lowest BCUT2D eigenvalue weighted by Crippen LogP contribution is -2.38. The van der Waals surface area contributed by atoms with E-state index in [1.807, 2.05) is 28.2 Å². The van der Waals surface area contributed by atoms with Gasteiger partial charge < -0.3 is 8.79 Å². The van der Waals surface area contributed by atoms with Crippen LogP contribution in [-0.2, 0) is 12.8 Å². The summed E-state index contributed by atoms with van der Waals surface area (Å²) in [7, 11) is 25.7. The molecule has 0 aromatic heterocycles. The molecule has 2 nitrogen and oxygen atoms in total. The van der Waals surface area contributed by atoms with Crippen LogP contribution in [0.1, 0.15) is 11.1 Å². The zero-order valence-electron chi connectivity index (χ0n) is 16.5. The Morgan fingerprint density at radius 3 is 1.23 bits per heavy atom. The first kappa shape index (κ1) is 21.3. The number of rotatable bonds is 8. The van der Waals surface area contributed by atoms with Crippen LogP contribution in [0.25, 0.3) is 0 Å². The van der Waals surface area contributed by atoms with E-state index in [0.29, 0.717) is 8.79 Å². The summed E-state index contributed by atoms with van der Waals surface area (Å²) in [4.78, 5) is 0. The zero-order chi connectivity index (χ0) is 19.4. The average Bonchev–Trinajstić information content (AvgIpc) is 2.57. The molecule has 0 N–H and O–H groups in total. The molecule has 0 aliphatic heterocycles. The van der Waals surface area contributed by atoms with E-state index < -0.39 is 7.80 Å². The lowest BCUT2D eigenvalue weighted by molar-refractivity contribution is -0.772. The van der Waals surface area contributed by atoms with E-state index in [-0.39, 0.29) is 0 Å². The van der Waals surface area contributed by atoms with Crippen molar-refractivity contribution < 1.29 is 8.79 Å². The Morgan fingerprint density at radius 2 is 0.962 bits per heavy atom. The summed E-state index contributed by atoms with van der Waals surface area (Å²) in [6.45, 7) is 1.83. The molecule has 6 radical (unpaired) electrons.